The van der Waals surface area contributed by atoms with Gasteiger partial charge < -0.3 is 9.32 Å². The number of benzene rings is 3. The van der Waals surface area contributed by atoms with Gasteiger partial charge in [-0.25, -0.2) is 13.2 Å². The SMILES string of the molecule is CCc1cc2cc(-c3ccc(C(=O)N4CCC(F)(F)CC4)cc3)cc(-c3cccc(F)c3)c2o1. The predicted molar refractivity (Wildman–Crippen MR) is 127 cm³/mol. The first-order valence-corrected chi connectivity index (χ1v) is 11.4. The fourth-order valence-electron chi connectivity index (χ4n) is 4.44. The summed E-state index contributed by atoms with van der Waals surface area (Å²) in [5, 5.41) is 0.919. The molecular formula is C28H24F3NO2. The van der Waals surface area contributed by atoms with Crippen molar-refractivity contribution < 1.29 is 22.4 Å². The fraction of sp³-hybridized carbons (Fsp3) is 0.250. The number of aryl methyl sites for hydroxylation is 1. The van der Waals surface area contributed by atoms with Crippen LogP contribution in [0.25, 0.3) is 33.2 Å². The van der Waals surface area contributed by atoms with Crippen molar-refractivity contribution in [3.8, 4) is 22.3 Å². The minimum atomic E-state index is -2.69. The standard InChI is InChI=1S/C28H24F3NO2/c1-2-24-16-22-14-21(17-25(26(22)34-24)20-4-3-5-23(29)15-20)18-6-8-19(9-7-18)27(33)32-12-10-28(30,31)11-13-32/h3-9,14-17H,2,10-13H2,1H3. The molecule has 0 bridgehead atoms. The maximum absolute atomic E-state index is 14.0. The number of likely N-dealkylation sites (tertiary alicyclic amines) is 1. The van der Waals surface area contributed by atoms with Gasteiger partial charge in [-0.1, -0.05) is 31.2 Å². The van der Waals surface area contributed by atoms with E-state index in [1.165, 1.54) is 17.0 Å². The first kappa shape index (κ1) is 22.3. The minimum absolute atomic E-state index is 0.0570. The van der Waals surface area contributed by atoms with Crippen molar-refractivity contribution in [2.75, 3.05) is 13.1 Å². The van der Waals surface area contributed by atoms with Gasteiger partial charge in [-0.3, -0.25) is 4.79 Å². The Hall–Kier alpha value is -3.54. The summed E-state index contributed by atoms with van der Waals surface area (Å²) in [7, 11) is 0. The molecule has 2 heterocycles. The van der Waals surface area contributed by atoms with Crippen LogP contribution in [0.1, 0.15) is 35.9 Å². The van der Waals surface area contributed by atoms with Crippen LogP contribution in [0.15, 0.2) is 71.1 Å². The van der Waals surface area contributed by atoms with Crippen LogP contribution in [0, 0.1) is 5.82 Å². The van der Waals surface area contributed by atoms with E-state index in [0.29, 0.717) is 11.1 Å². The van der Waals surface area contributed by atoms with Crippen molar-refractivity contribution in [3.05, 3.63) is 83.9 Å². The quantitative estimate of drug-likeness (QED) is 0.317. The second-order valence-electron chi connectivity index (χ2n) is 8.74. The lowest BCUT2D eigenvalue weighted by atomic mass is 9.96. The van der Waals surface area contributed by atoms with Crippen molar-refractivity contribution in [3.63, 3.8) is 0 Å². The lowest BCUT2D eigenvalue weighted by Gasteiger charge is -2.31. The first-order valence-electron chi connectivity index (χ1n) is 11.4. The Morgan fingerprint density at radius 2 is 1.68 bits per heavy atom. The highest BCUT2D eigenvalue weighted by molar-refractivity contribution is 5.98. The number of halogens is 3. The molecule has 1 aliphatic heterocycles. The number of hydrogen-bond donors (Lipinski definition) is 0. The number of piperidine rings is 1. The van der Waals surface area contributed by atoms with E-state index in [9.17, 15) is 18.0 Å². The molecule has 0 N–H and O–H groups in total. The Morgan fingerprint density at radius 3 is 2.35 bits per heavy atom. The summed E-state index contributed by atoms with van der Waals surface area (Å²) < 4.78 is 46.9. The Bertz CT molecular complexity index is 1350. The van der Waals surface area contributed by atoms with E-state index in [1.54, 1.807) is 18.2 Å². The molecule has 0 spiro atoms. The average molecular weight is 463 g/mol. The molecule has 1 saturated heterocycles. The van der Waals surface area contributed by atoms with E-state index in [1.807, 2.05) is 43.3 Å². The fourth-order valence-corrected chi connectivity index (χ4v) is 4.44. The van der Waals surface area contributed by atoms with Crippen LogP contribution in [-0.2, 0) is 6.42 Å². The van der Waals surface area contributed by atoms with Gasteiger partial charge in [-0.05, 0) is 59.2 Å². The van der Waals surface area contributed by atoms with Gasteiger partial charge in [0.1, 0.15) is 17.2 Å². The van der Waals surface area contributed by atoms with E-state index in [4.69, 9.17) is 4.42 Å². The first-order chi connectivity index (χ1) is 16.3. The molecule has 0 atom stereocenters. The zero-order valence-corrected chi connectivity index (χ0v) is 18.8. The largest absolute Gasteiger partial charge is 0.460 e. The molecule has 4 aromatic rings. The number of carbonyl (C=O) groups is 1. The Kier molecular flexibility index (Phi) is 5.68. The molecule has 1 aliphatic rings. The molecule has 3 nitrogen and oxygen atoms in total. The van der Waals surface area contributed by atoms with Crippen molar-refractivity contribution >= 4 is 16.9 Å². The third-order valence-corrected chi connectivity index (χ3v) is 6.40. The molecule has 3 aromatic carbocycles. The number of nitrogens with zero attached hydrogens (tertiary/aromatic N) is 1. The third-order valence-electron chi connectivity index (χ3n) is 6.40. The van der Waals surface area contributed by atoms with Crippen LogP contribution >= 0.6 is 0 Å². The van der Waals surface area contributed by atoms with Crippen LogP contribution in [0.2, 0.25) is 0 Å². The smallest absolute Gasteiger partial charge is 0.253 e. The molecule has 6 heteroatoms. The van der Waals surface area contributed by atoms with Crippen LogP contribution in [0.3, 0.4) is 0 Å². The number of rotatable bonds is 4. The summed E-state index contributed by atoms with van der Waals surface area (Å²) in [5.74, 6) is -2.40. The van der Waals surface area contributed by atoms with Crippen molar-refractivity contribution in [1.29, 1.82) is 0 Å². The molecule has 0 unspecified atom stereocenters. The maximum Gasteiger partial charge on any atom is 0.253 e. The number of furan rings is 1. The Morgan fingerprint density at radius 1 is 0.941 bits per heavy atom. The Balaban J connectivity index is 1.49. The van der Waals surface area contributed by atoms with Gasteiger partial charge in [0.15, 0.2) is 0 Å². The zero-order chi connectivity index (χ0) is 23.9. The van der Waals surface area contributed by atoms with Crippen LogP contribution in [0.5, 0.6) is 0 Å². The summed E-state index contributed by atoms with van der Waals surface area (Å²) in [6, 6.07) is 19.5. The normalized spacial score (nSPS) is 15.6. The summed E-state index contributed by atoms with van der Waals surface area (Å²) >= 11 is 0. The minimum Gasteiger partial charge on any atom is -0.460 e. The summed E-state index contributed by atoms with van der Waals surface area (Å²) in [6.45, 7) is 2.13. The summed E-state index contributed by atoms with van der Waals surface area (Å²) in [4.78, 5) is 14.3. The van der Waals surface area contributed by atoms with E-state index < -0.39 is 5.92 Å². The van der Waals surface area contributed by atoms with Gasteiger partial charge in [0.2, 0.25) is 0 Å². The highest BCUT2D eigenvalue weighted by atomic mass is 19.3. The van der Waals surface area contributed by atoms with Crippen LogP contribution < -0.4 is 0 Å². The highest BCUT2D eigenvalue weighted by Gasteiger charge is 2.35. The molecule has 5 rings (SSSR count). The van der Waals surface area contributed by atoms with E-state index in [0.717, 1.165) is 39.8 Å². The van der Waals surface area contributed by atoms with Gasteiger partial charge in [0.25, 0.3) is 11.8 Å². The summed E-state index contributed by atoms with van der Waals surface area (Å²) in [6.07, 6.45) is 0.139. The van der Waals surface area contributed by atoms with Gasteiger partial charge in [0, 0.05) is 48.9 Å². The average Bonchev–Trinajstić information content (AvgIpc) is 3.26. The monoisotopic (exact) mass is 463 g/mol. The lowest BCUT2D eigenvalue weighted by molar-refractivity contribution is -0.0494. The zero-order valence-electron chi connectivity index (χ0n) is 18.8. The predicted octanol–water partition coefficient (Wildman–Crippen LogP) is 7.34. The number of hydrogen-bond acceptors (Lipinski definition) is 2. The Labute approximate surface area is 195 Å². The number of amides is 1. The van der Waals surface area contributed by atoms with Gasteiger partial charge >= 0.3 is 0 Å². The maximum atomic E-state index is 14.0. The second-order valence-corrected chi connectivity index (χ2v) is 8.74. The van der Waals surface area contributed by atoms with Crippen molar-refractivity contribution in [2.24, 2.45) is 0 Å². The van der Waals surface area contributed by atoms with Crippen LogP contribution in [-0.4, -0.2) is 29.8 Å². The lowest BCUT2D eigenvalue weighted by Crippen LogP contribution is -2.42. The van der Waals surface area contributed by atoms with Crippen LogP contribution in [0.4, 0.5) is 13.2 Å². The molecule has 0 radical (unpaired) electrons. The number of alkyl halides is 2. The second kappa shape index (κ2) is 8.67. The molecule has 1 amide bonds. The molecule has 1 aromatic heterocycles. The molecular weight excluding hydrogens is 439 g/mol. The van der Waals surface area contributed by atoms with E-state index >= 15 is 0 Å². The molecule has 1 fully saturated rings. The molecule has 0 saturated carbocycles. The summed E-state index contributed by atoms with van der Waals surface area (Å²) in [5.41, 5.74) is 4.49. The van der Waals surface area contributed by atoms with E-state index in [2.05, 4.69) is 0 Å². The third kappa shape index (κ3) is 4.32. The van der Waals surface area contributed by atoms with E-state index in [-0.39, 0.29) is 37.7 Å². The molecule has 174 valence electrons. The van der Waals surface area contributed by atoms with Gasteiger partial charge in [-0.15, -0.1) is 0 Å². The van der Waals surface area contributed by atoms with Crippen molar-refractivity contribution in [2.45, 2.75) is 32.1 Å². The number of carbonyl (C=O) groups excluding carboxylic acids is 1. The number of fused-ring (bicyclic) bond motifs is 1. The molecule has 0 aliphatic carbocycles. The van der Waals surface area contributed by atoms with Gasteiger partial charge in [0.05, 0.1) is 0 Å². The van der Waals surface area contributed by atoms with Crippen molar-refractivity contribution in [1.82, 2.24) is 4.90 Å². The van der Waals surface area contributed by atoms with Gasteiger partial charge in [-0.2, -0.15) is 0 Å². The topological polar surface area (TPSA) is 33.5 Å². The highest BCUT2D eigenvalue weighted by Crippen LogP contribution is 2.36. The molecule has 34 heavy (non-hydrogen) atoms.